The number of nitrogens with zero attached hydrogens (tertiary/aromatic N) is 2. The third-order valence-electron chi connectivity index (χ3n) is 4.71. The molecule has 0 N–H and O–H groups in total. The van der Waals surface area contributed by atoms with Gasteiger partial charge in [-0.1, -0.05) is 33.4 Å². The zero-order valence-electron chi connectivity index (χ0n) is 14.7. The zero-order valence-corrected chi connectivity index (χ0v) is 14.7. The SMILES string of the molecule is Cc1cc(C)cc([N+]2=C=[N+](c3ccc4c(c3)oc3ccccc34)C=C2)c1. The van der Waals surface area contributed by atoms with Crippen LogP contribution in [0, 0.1) is 13.8 Å². The predicted octanol–water partition coefficient (Wildman–Crippen LogP) is 5.85. The van der Waals surface area contributed by atoms with Crippen molar-refractivity contribution >= 4 is 39.3 Å². The summed E-state index contributed by atoms with van der Waals surface area (Å²) in [5, 5.41) is 2.29. The van der Waals surface area contributed by atoms with Crippen molar-refractivity contribution in [2.75, 3.05) is 0 Å². The molecule has 0 saturated heterocycles. The molecule has 1 aliphatic rings. The maximum atomic E-state index is 6.00. The Morgan fingerprint density at radius 3 is 2.19 bits per heavy atom. The lowest BCUT2D eigenvalue weighted by atomic mass is 10.1. The van der Waals surface area contributed by atoms with Crippen LogP contribution in [0.25, 0.3) is 21.9 Å². The van der Waals surface area contributed by atoms with Crippen LogP contribution >= 0.6 is 0 Å². The summed E-state index contributed by atoms with van der Waals surface area (Å²) in [5.74, 6) is 0. The second-order valence-corrected chi connectivity index (χ2v) is 6.76. The van der Waals surface area contributed by atoms with Gasteiger partial charge in [0.05, 0.1) is 6.07 Å². The molecule has 0 amide bonds. The molecule has 0 atom stereocenters. The number of fused-ring (bicyclic) bond motifs is 3. The normalized spacial score (nSPS) is 13.5. The fraction of sp³-hybridized carbons (Fsp3) is 0.0870. The van der Waals surface area contributed by atoms with Crippen molar-refractivity contribution in [3.63, 3.8) is 0 Å². The van der Waals surface area contributed by atoms with Gasteiger partial charge in [0.25, 0.3) is 12.4 Å². The molecule has 0 aliphatic carbocycles. The molecule has 0 spiro atoms. The van der Waals surface area contributed by atoms with E-state index in [4.69, 9.17) is 4.42 Å². The van der Waals surface area contributed by atoms with Crippen molar-refractivity contribution in [1.82, 2.24) is 0 Å². The number of hydrogen-bond donors (Lipinski definition) is 0. The van der Waals surface area contributed by atoms with Crippen molar-refractivity contribution in [1.29, 1.82) is 0 Å². The quantitative estimate of drug-likeness (QED) is 0.420. The number of para-hydroxylation sites is 1. The topological polar surface area (TPSA) is 19.2 Å². The summed E-state index contributed by atoms with van der Waals surface area (Å²) in [6.45, 7) is 4.23. The molecule has 4 aromatic rings. The molecule has 0 bridgehead atoms. The Labute approximate surface area is 151 Å². The molecule has 1 aromatic heterocycles. The minimum atomic E-state index is 0.892. The third kappa shape index (κ3) is 2.38. The third-order valence-corrected chi connectivity index (χ3v) is 4.71. The standard InChI is InChI=1S/C23H18N2O/c1-16-11-17(2)13-19(12-16)25-10-9-24(15-25)18-7-8-21-20-5-3-4-6-22(20)26-23(21)14-18/h3-14H,1-2H3/q+2. The highest BCUT2D eigenvalue weighted by Crippen LogP contribution is 2.31. The monoisotopic (exact) mass is 338 g/mol. The second-order valence-electron chi connectivity index (χ2n) is 6.76. The molecule has 0 fully saturated rings. The summed E-state index contributed by atoms with van der Waals surface area (Å²) in [6.07, 6.45) is 4.04. The van der Waals surface area contributed by atoms with Gasteiger partial charge >= 0.3 is 6.01 Å². The van der Waals surface area contributed by atoms with Gasteiger partial charge in [-0.2, -0.15) is 0 Å². The van der Waals surface area contributed by atoms with Crippen LogP contribution in [0.15, 0.2) is 77.5 Å². The van der Waals surface area contributed by atoms with Crippen LogP contribution in [0.4, 0.5) is 11.4 Å². The zero-order chi connectivity index (χ0) is 17.7. The molecule has 3 aromatic carbocycles. The van der Waals surface area contributed by atoms with Crippen molar-refractivity contribution in [2.45, 2.75) is 13.8 Å². The van der Waals surface area contributed by atoms with E-state index < -0.39 is 0 Å². The molecular formula is C23H18N2O+2. The van der Waals surface area contributed by atoms with Crippen molar-refractivity contribution in [2.24, 2.45) is 0 Å². The molecule has 3 nitrogen and oxygen atoms in total. The summed E-state index contributed by atoms with van der Waals surface area (Å²) < 4.78 is 10.0. The molecular weight excluding hydrogens is 320 g/mol. The van der Waals surface area contributed by atoms with Gasteiger partial charge in [0.1, 0.15) is 11.2 Å². The highest BCUT2D eigenvalue weighted by atomic mass is 16.3. The van der Waals surface area contributed by atoms with Crippen LogP contribution in [0.3, 0.4) is 0 Å². The fourth-order valence-corrected chi connectivity index (χ4v) is 3.56. The van der Waals surface area contributed by atoms with Crippen LogP contribution in [-0.2, 0) is 0 Å². The molecule has 0 saturated carbocycles. The van der Waals surface area contributed by atoms with E-state index in [-0.39, 0.29) is 0 Å². The van der Waals surface area contributed by atoms with E-state index >= 15 is 0 Å². The fourth-order valence-electron chi connectivity index (χ4n) is 3.56. The van der Waals surface area contributed by atoms with E-state index in [9.17, 15) is 0 Å². The first-order chi connectivity index (χ1) is 12.7. The Morgan fingerprint density at radius 1 is 0.692 bits per heavy atom. The lowest BCUT2D eigenvalue weighted by Gasteiger charge is -1.95. The maximum absolute atomic E-state index is 6.00. The number of aryl methyl sites for hydroxylation is 2. The Kier molecular flexibility index (Phi) is 3.18. The Hall–Kier alpha value is -3.42. The largest absolute Gasteiger partial charge is 0.501 e. The van der Waals surface area contributed by atoms with Gasteiger partial charge in [-0.3, -0.25) is 0 Å². The summed E-state index contributed by atoms with van der Waals surface area (Å²) in [7, 11) is 0. The maximum Gasteiger partial charge on any atom is 0.501 e. The summed E-state index contributed by atoms with van der Waals surface area (Å²) >= 11 is 0. The number of furan rings is 1. The number of hydrogen-bond acceptors (Lipinski definition) is 1. The van der Waals surface area contributed by atoms with Gasteiger partial charge in [-0.15, -0.1) is 0 Å². The first-order valence-corrected chi connectivity index (χ1v) is 8.70. The van der Waals surface area contributed by atoms with Gasteiger partial charge in [-0.25, -0.2) is 0 Å². The van der Waals surface area contributed by atoms with Crippen molar-refractivity contribution < 1.29 is 13.6 Å². The van der Waals surface area contributed by atoms with Gasteiger partial charge in [-0.05, 0) is 37.1 Å². The first-order valence-electron chi connectivity index (χ1n) is 8.70. The number of benzene rings is 3. The van der Waals surface area contributed by atoms with E-state index in [0.29, 0.717) is 0 Å². The minimum absolute atomic E-state index is 0.892. The lowest BCUT2D eigenvalue weighted by molar-refractivity contribution is -0.387. The van der Waals surface area contributed by atoms with Crippen molar-refractivity contribution in [3.05, 3.63) is 84.2 Å². The van der Waals surface area contributed by atoms with Crippen LogP contribution in [0.1, 0.15) is 11.1 Å². The van der Waals surface area contributed by atoms with Gasteiger partial charge in [0.15, 0.2) is 0 Å². The van der Waals surface area contributed by atoms with Gasteiger partial charge in [0, 0.05) is 29.0 Å². The second kappa shape index (κ2) is 5.55. The van der Waals surface area contributed by atoms with Gasteiger partial charge < -0.3 is 4.42 Å². The van der Waals surface area contributed by atoms with Crippen LogP contribution in [0.2, 0.25) is 0 Å². The molecule has 0 radical (unpaired) electrons. The molecule has 3 heteroatoms. The lowest BCUT2D eigenvalue weighted by Crippen LogP contribution is -1.95. The molecule has 5 rings (SSSR count). The average molecular weight is 338 g/mol. The van der Waals surface area contributed by atoms with E-state index in [0.717, 1.165) is 33.3 Å². The van der Waals surface area contributed by atoms with E-state index in [1.54, 1.807) is 0 Å². The van der Waals surface area contributed by atoms with E-state index in [1.807, 2.05) is 39.8 Å². The highest BCUT2D eigenvalue weighted by Gasteiger charge is 2.22. The average Bonchev–Trinajstić information content (AvgIpc) is 3.25. The molecule has 2 heterocycles. The predicted molar refractivity (Wildman–Crippen MR) is 104 cm³/mol. The summed E-state index contributed by atoms with van der Waals surface area (Å²) in [6, 6.07) is 24.3. The summed E-state index contributed by atoms with van der Waals surface area (Å²) in [5.41, 5.74) is 6.45. The number of rotatable bonds is 2. The summed E-state index contributed by atoms with van der Waals surface area (Å²) in [4.78, 5) is 0. The van der Waals surface area contributed by atoms with Crippen molar-refractivity contribution in [3.8, 4) is 0 Å². The molecule has 0 unspecified atom stereocenters. The van der Waals surface area contributed by atoms with Crippen LogP contribution < -0.4 is 0 Å². The van der Waals surface area contributed by atoms with Crippen LogP contribution in [-0.4, -0.2) is 15.2 Å². The highest BCUT2D eigenvalue weighted by molar-refractivity contribution is 6.05. The first kappa shape index (κ1) is 14.9. The Balaban J connectivity index is 1.64. The Bertz CT molecular complexity index is 1260. The molecule has 124 valence electrons. The minimum Gasteiger partial charge on any atom is -0.456 e. The van der Waals surface area contributed by atoms with Gasteiger partial charge in [0.2, 0.25) is 11.4 Å². The molecule has 26 heavy (non-hydrogen) atoms. The van der Waals surface area contributed by atoms with Crippen LogP contribution in [0.5, 0.6) is 0 Å². The molecule has 1 aliphatic heterocycles. The Morgan fingerprint density at radius 2 is 1.38 bits per heavy atom. The van der Waals surface area contributed by atoms with E-state index in [2.05, 4.69) is 62.3 Å². The van der Waals surface area contributed by atoms with E-state index in [1.165, 1.54) is 11.1 Å². The smallest absolute Gasteiger partial charge is 0.456 e.